The summed E-state index contributed by atoms with van der Waals surface area (Å²) < 4.78 is 27.8. The number of fused-ring (bicyclic) bond motifs is 1. The van der Waals surface area contributed by atoms with E-state index in [0.29, 0.717) is 5.69 Å². The molecule has 0 radical (unpaired) electrons. The van der Waals surface area contributed by atoms with E-state index in [4.69, 9.17) is 9.88 Å². The molecule has 3 rings (SSSR count). The Hall–Kier alpha value is -3.10. The van der Waals surface area contributed by atoms with Crippen molar-refractivity contribution in [2.24, 2.45) is 5.14 Å². The Balaban J connectivity index is 1.67. The average Bonchev–Trinajstić information content (AvgIpc) is 2.66. The summed E-state index contributed by atoms with van der Waals surface area (Å²) >= 11 is 0. The Morgan fingerprint density at radius 2 is 1.64 bits per heavy atom. The van der Waals surface area contributed by atoms with Crippen LogP contribution in [0.3, 0.4) is 0 Å². The molecule has 1 unspecified atom stereocenters. The number of urea groups is 1. The fourth-order valence-electron chi connectivity index (χ4n) is 2.81. The Bertz CT molecular complexity index is 1110. The van der Waals surface area contributed by atoms with Crippen LogP contribution in [0, 0.1) is 0 Å². The first-order valence-corrected chi connectivity index (χ1v) is 10.1. The maximum atomic E-state index is 12.2. The van der Waals surface area contributed by atoms with Crippen molar-refractivity contribution >= 4 is 32.5 Å². The van der Waals surface area contributed by atoms with E-state index in [0.717, 1.165) is 22.1 Å². The number of amides is 2. The van der Waals surface area contributed by atoms with E-state index in [2.05, 4.69) is 10.6 Å². The van der Waals surface area contributed by atoms with Gasteiger partial charge < -0.3 is 15.4 Å². The van der Waals surface area contributed by atoms with Crippen molar-refractivity contribution in [2.75, 3.05) is 12.4 Å². The van der Waals surface area contributed by atoms with Crippen molar-refractivity contribution in [2.45, 2.75) is 17.9 Å². The molecule has 0 aliphatic heterocycles. The molecule has 0 spiro atoms. The number of primary sulfonamides is 1. The third kappa shape index (κ3) is 4.59. The lowest BCUT2D eigenvalue weighted by Gasteiger charge is -2.16. The fraction of sp³-hybridized carbons (Fsp3) is 0.150. The predicted molar refractivity (Wildman–Crippen MR) is 109 cm³/mol. The molecule has 0 aromatic heterocycles. The molecular weight excluding hydrogens is 378 g/mol. The molecular formula is C20H21N3O4S. The zero-order valence-electron chi connectivity index (χ0n) is 15.5. The van der Waals surface area contributed by atoms with Gasteiger partial charge in [0.1, 0.15) is 5.75 Å². The lowest BCUT2D eigenvalue weighted by atomic mass is 10.0. The molecule has 146 valence electrons. The number of ether oxygens (including phenoxy) is 1. The highest BCUT2D eigenvalue weighted by atomic mass is 32.2. The first-order chi connectivity index (χ1) is 13.3. The largest absolute Gasteiger partial charge is 0.497 e. The van der Waals surface area contributed by atoms with E-state index in [9.17, 15) is 13.2 Å². The number of hydrogen-bond donors (Lipinski definition) is 3. The molecule has 2 amide bonds. The van der Waals surface area contributed by atoms with Gasteiger partial charge in [-0.15, -0.1) is 0 Å². The van der Waals surface area contributed by atoms with Crippen molar-refractivity contribution < 1.29 is 17.9 Å². The van der Waals surface area contributed by atoms with Crippen LogP contribution >= 0.6 is 0 Å². The smallest absolute Gasteiger partial charge is 0.319 e. The number of nitrogens with one attached hydrogen (secondary N) is 2. The van der Waals surface area contributed by atoms with Gasteiger partial charge in [0.15, 0.2) is 0 Å². The molecule has 0 bridgehead atoms. The van der Waals surface area contributed by atoms with Gasteiger partial charge in [0, 0.05) is 5.69 Å². The topological polar surface area (TPSA) is 111 Å². The van der Waals surface area contributed by atoms with Crippen LogP contribution in [-0.2, 0) is 10.0 Å². The summed E-state index contributed by atoms with van der Waals surface area (Å²) in [5.41, 5.74) is 1.42. The van der Waals surface area contributed by atoms with Crippen molar-refractivity contribution in [3.63, 3.8) is 0 Å². The lowest BCUT2D eigenvalue weighted by molar-refractivity contribution is 0.249. The van der Waals surface area contributed by atoms with E-state index in [1.807, 2.05) is 43.3 Å². The summed E-state index contributed by atoms with van der Waals surface area (Å²) in [5, 5.41) is 12.7. The minimum Gasteiger partial charge on any atom is -0.497 e. The van der Waals surface area contributed by atoms with Crippen LogP contribution in [0.25, 0.3) is 10.8 Å². The molecule has 7 nitrogen and oxygen atoms in total. The van der Waals surface area contributed by atoms with E-state index in [1.165, 1.54) is 24.3 Å². The minimum atomic E-state index is -3.76. The number of sulfonamides is 1. The van der Waals surface area contributed by atoms with Gasteiger partial charge in [-0.2, -0.15) is 0 Å². The molecule has 0 saturated heterocycles. The number of methoxy groups -OCH3 is 1. The normalized spacial score (nSPS) is 12.4. The Labute approximate surface area is 163 Å². The second-order valence-electron chi connectivity index (χ2n) is 6.36. The molecule has 0 heterocycles. The molecule has 8 heteroatoms. The summed E-state index contributed by atoms with van der Waals surface area (Å²) in [6.45, 7) is 1.88. The van der Waals surface area contributed by atoms with Crippen molar-refractivity contribution in [3.05, 3.63) is 66.2 Å². The average molecular weight is 399 g/mol. The second kappa shape index (κ2) is 7.87. The molecule has 28 heavy (non-hydrogen) atoms. The summed E-state index contributed by atoms with van der Waals surface area (Å²) in [6.07, 6.45) is 0. The maximum absolute atomic E-state index is 12.2. The van der Waals surface area contributed by atoms with Crippen LogP contribution < -0.4 is 20.5 Å². The molecule has 3 aromatic rings. The van der Waals surface area contributed by atoms with Crippen LogP contribution in [-0.4, -0.2) is 21.6 Å². The highest BCUT2D eigenvalue weighted by Gasteiger charge is 2.12. The van der Waals surface area contributed by atoms with Crippen molar-refractivity contribution in [1.82, 2.24) is 5.32 Å². The molecule has 3 aromatic carbocycles. The van der Waals surface area contributed by atoms with Gasteiger partial charge in [-0.25, -0.2) is 18.4 Å². The molecule has 0 fully saturated rings. The van der Waals surface area contributed by atoms with Gasteiger partial charge in [0.05, 0.1) is 18.0 Å². The fourth-order valence-corrected chi connectivity index (χ4v) is 3.33. The van der Waals surface area contributed by atoms with Crippen molar-refractivity contribution in [1.29, 1.82) is 0 Å². The van der Waals surface area contributed by atoms with Crippen LogP contribution in [0.2, 0.25) is 0 Å². The Morgan fingerprint density at radius 1 is 1.00 bits per heavy atom. The third-order valence-corrected chi connectivity index (χ3v) is 5.29. The van der Waals surface area contributed by atoms with Gasteiger partial charge in [-0.1, -0.05) is 18.2 Å². The monoisotopic (exact) mass is 399 g/mol. The molecule has 1 atom stereocenters. The SMILES string of the molecule is COc1ccc2cc(C(C)NC(=O)Nc3ccc(S(N)(=O)=O)cc3)ccc2c1. The number of rotatable bonds is 5. The summed E-state index contributed by atoms with van der Waals surface area (Å²) in [5.74, 6) is 0.791. The summed E-state index contributed by atoms with van der Waals surface area (Å²) in [7, 11) is -2.13. The van der Waals surface area contributed by atoms with Gasteiger partial charge in [-0.05, 0) is 65.7 Å². The Kier molecular flexibility index (Phi) is 5.53. The number of benzene rings is 3. The minimum absolute atomic E-state index is 0.0142. The third-order valence-electron chi connectivity index (χ3n) is 4.36. The first kappa shape index (κ1) is 19.7. The molecule has 4 N–H and O–H groups in total. The highest BCUT2D eigenvalue weighted by molar-refractivity contribution is 7.89. The highest BCUT2D eigenvalue weighted by Crippen LogP contribution is 2.24. The van der Waals surface area contributed by atoms with Crippen LogP contribution in [0.5, 0.6) is 5.75 Å². The van der Waals surface area contributed by atoms with E-state index >= 15 is 0 Å². The van der Waals surface area contributed by atoms with E-state index < -0.39 is 16.1 Å². The number of carbonyl (C=O) groups excluding carboxylic acids is 1. The zero-order chi connectivity index (χ0) is 20.3. The van der Waals surface area contributed by atoms with Gasteiger partial charge in [0.2, 0.25) is 10.0 Å². The summed E-state index contributed by atoms with van der Waals surface area (Å²) in [4.78, 5) is 12.2. The van der Waals surface area contributed by atoms with Crippen LogP contribution in [0.1, 0.15) is 18.5 Å². The first-order valence-electron chi connectivity index (χ1n) is 8.54. The Morgan fingerprint density at radius 3 is 2.29 bits per heavy atom. The molecule has 0 saturated carbocycles. The predicted octanol–water partition coefficient (Wildman–Crippen LogP) is 3.38. The zero-order valence-corrected chi connectivity index (χ0v) is 16.3. The summed E-state index contributed by atoms with van der Waals surface area (Å²) in [6, 6.07) is 16.8. The molecule has 0 aliphatic rings. The van der Waals surface area contributed by atoms with Crippen LogP contribution in [0.4, 0.5) is 10.5 Å². The second-order valence-corrected chi connectivity index (χ2v) is 7.92. The van der Waals surface area contributed by atoms with Crippen LogP contribution in [0.15, 0.2) is 65.6 Å². The lowest BCUT2D eigenvalue weighted by Crippen LogP contribution is -2.31. The van der Waals surface area contributed by atoms with Crippen molar-refractivity contribution in [3.8, 4) is 5.75 Å². The number of hydrogen-bond acceptors (Lipinski definition) is 4. The van der Waals surface area contributed by atoms with E-state index in [-0.39, 0.29) is 10.9 Å². The van der Waals surface area contributed by atoms with E-state index in [1.54, 1.807) is 7.11 Å². The maximum Gasteiger partial charge on any atom is 0.319 e. The van der Waals surface area contributed by atoms with Gasteiger partial charge in [-0.3, -0.25) is 0 Å². The number of anilines is 1. The number of nitrogens with two attached hydrogens (primary N) is 1. The quantitative estimate of drug-likeness (QED) is 0.611. The van der Waals surface area contributed by atoms with Gasteiger partial charge >= 0.3 is 6.03 Å². The standard InChI is InChI=1S/C20H21N3O4S/c1-13(14-3-4-16-12-18(27-2)8-5-15(16)11-14)22-20(24)23-17-6-9-19(10-7-17)28(21,25)26/h3-13H,1-2H3,(H2,21,25,26)(H2,22,23,24). The van der Waals surface area contributed by atoms with Gasteiger partial charge in [0.25, 0.3) is 0 Å². The molecule has 0 aliphatic carbocycles. The number of carbonyl (C=O) groups is 1.